The lowest BCUT2D eigenvalue weighted by Gasteiger charge is -2.42. The summed E-state index contributed by atoms with van der Waals surface area (Å²) in [6.45, 7) is 8.43. The Morgan fingerprint density at radius 2 is 1.64 bits per heavy atom. The van der Waals surface area contributed by atoms with Gasteiger partial charge in [0.15, 0.2) is 0 Å². The molecule has 0 radical (unpaired) electrons. The van der Waals surface area contributed by atoms with E-state index in [2.05, 4.69) is 60.4 Å². The fourth-order valence-electron chi connectivity index (χ4n) is 8.83. The molecule has 2 aromatic carbocycles. The molecule has 7 rings (SSSR count). The predicted molar refractivity (Wildman–Crippen MR) is 174 cm³/mol. The molecular weight excluding hydrogens is 550 g/mol. The zero-order chi connectivity index (χ0) is 30.9. The second-order valence-corrected chi connectivity index (χ2v) is 14.6. The summed E-state index contributed by atoms with van der Waals surface area (Å²) in [5.41, 5.74) is 6.12. The number of nitrogens with zero attached hydrogens (tertiary/aromatic N) is 3. The number of rotatable bonds is 4. The van der Waals surface area contributed by atoms with Crippen molar-refractivity contribution in [3.8, 4) is 17.0 Å². The van der Waals surface area contributed by atoms with Crippen molar-refractivity contribution in [1.82, 2.24) is 14.4 Å². The third-order valence-electron chi connectivity index (χ3n) is 10.6. The Bertz CT molecular complexity index is 1660. The van der Waals surface area contributed by atoms with E-state index in [1.54, 1.807) is 13.2 Å². The van der Waals surface area contributed by atoms with Crippen LogP contribution < -0.4 is 4.74 Å². The summed E-state index contributed by atoms with van der Waals surface area (Å²) >= 11 is 0. The Hall–Kier alpha value is -3.58. The molecule has 232 valence electrons. The number of carbonyl (C=O) groups is 2. The highest BCUT2D eigenvalue weighted by Crippen LogP contribution is 2.53. The summed E-state index contributed by atoms with van der Waals surface area (Å²) in [4.78, 5) is 31.9. The molecule has 3 aromatic rings. The van der Waals surface area contributed by atoms with E-state index in [0.717, 1.165) is 77.8 Å². The summed E-state index contributed by atoms with van der Waals surface area (Å²) < 4.78 is 8.08. The fraction of sp³-hybridized carbons (Fsp3) is 0.514. The first-order chi connectivity index (χ1) is 21.1. The number of ether oxygens (including phenoxy) is 1. The molecule has 0 spiro atoms. The van der Waals surface area contributed by atoms with Crippen molar-refractivity contribution in [3.05, 3.63) is 58.7 Å². The van der Waals surface area contributed by atoms with Crippen molar-refractivity contribution < 1.29 is 19.4 Å². The van der Waals surface area contributed by atoms with E-state index in [1.165, 1.54) is 24.8 Å². The number of likely N-dealkylation sites (tertiary alicyclic amines) is 1. The van der Waals surface area contributed by atoms with Gasteiger partial charge in [-0.15, -0.1) is 0 Å². The molecule has 7 heteroatoms. The van der Waals surface area contributed by atoms with Crippen LogP contribution in [0.2, 0.25) is 0 Å². The zero-order valence-corrected chi connectivity index (χ0v) is 26.7. The topological polar surface area (TPSA) is 75.0 Å². The van der Waals surface area contributed by atoms with Gasteiger partial charge in [0.05, 0.1) is 29.9 Å². The van der Waals surface area contributed by atoms with Crippen molar-refractivity contribution >= 4 is 28.9 Å². The molecule has 1 N–H and O–H groups in total. The van der Waals surface area contributed by atoms with E-state index < -0.39 is 5.97 Å². The molecule has 3 unspecified atom stereocenters. The van der Waals surface area contributed by atoms with Gasteiger partial charge in [0.2, 0.25) is 0 Å². The van der Waals surface area contributed by atoms with Crippen LogP contribution in [-0.2, 0) is 4.79 Å². The molecular formula is C37H45N3O4. The minimum absolute atomic E-state index is 0.114. The van der Waals surface area contributed by atoms with Crippen molar-refractivity contribution in [2.75, 3.05) is 27.2 Å². The number of likely N-dealkylation sites (N-methyl/N-ethyl adjacent to an activating group) is 1. The number of aromatic carboxylic acids is 1. The van der Waals surface area contributed by atoms with E-state index in [4.69, 9.17) is 4.74 Å². The van der Waals surface area contributed by atoms with Crippen LogP contribution in [0.1, 0.15) is 99.2 Å². The largest absolute Gasteiger partial charge is 0.497 e. The smallest absolute Gasteiger partial charge is 0.335 e. The summed E-state index contributed by atoms with van der Waals surface area (Å²) in [5, 5.41) is 11.2. The predicted octanol–water partition coefficient (Wildman–Crippen LogP) is 7.35. The minimum Gasteiger partial charge on any atom is -0.497 e. The van der Waals surface area contributed by atoms with Crippen LogP contribution in [0, 0.1) is 5.41 Å². The number of aromatic nitrogens is 1. The van der Waals surface area contributed by atoms with Crippen molar-refractivity contribution in [2.45, 2.75) is 89.8 Å². The average Bonchev–Trinajstić information content (AvgIpc) is 3.40. The maximum Gasteiger partial charge on any atom is 0.335 e. The Morgan fingerprint density at radius 1 is 0.932 bits per heavy atom. The summed E-state index contributed by atoms with van der Waals surface area (Å²) in [6.07, 6.45) is 10.1. The van der Waals surface area contributed by atoms with Crippen molar-refractivity contribution in [1.29, 1.82) is 0 Å². The lowest BCUT2D eigenvalue weighted by molar-refractivity contribution is -0.133. The molecule has 1 saturated carbocycles. The molecule has 1 aromatic heterocycles. The van der Waals surface area contributed by atoms with Gasteiger partial charge in [-0.25, -0.2) is 4.79 Å². The summed E-state index contributed by atoms with van der Waals surface area (Å²) in [6, 6.07) is 12.0. The van der Waals surface area contributed by atoms with Crippen LogP contribution >= 0.6 is 0 Å². The van der Waals surface area contributed by atoms with Crippen molar-refractivity contribution in [3.63, 3.8) is 0 Å². The Kier molecular flexibility index (Phi) is 7.15. The molecule has 3 atom stereocenters. The van der Waals surface area contributed by atoms with E-state index in [1.807, 2.05) is 18.2 Å². The number of amides is 1. The molecule has 1 aliphatic carbocycles. The Labute approximate surface area is 260 Å². The number of benzene rings is 2. The zero-order valence-electron chi connectivity index (χ0n) is 26.7. The Morgan fingerprint density at radius 3 is 2.27 bits per heavy atom. The lowest BCUT2D eigenvalue weighted by Crippen LogP contribution is -2.55. The van der Waals surface area contributed by atoms with E-state index in [-0.39, 0.29) is 35.0 Å². The number of carboxylic acid groups (broad SMARTS) is 1. The number of hydrogen-bond acceptors (Lipinski definition) is 4. The third-order valence-corrected chi connectivity index (χ3v) is 10.6. The second kappa shape index (κ2) is 10.8. The third kappa shape index (κ3) is 4.66. The van der Waals surface area contributed by atoms with Crippen LogP contribution in [-0.4, -0.2) is 70.7 Å². The molecule has 1 amide bonds. The number of fused-ring (bicyclic) bond motifs is 7. The molecule has 3 fully saturated rings. The van der Waals surface area contributed by atoms with Crippen molar-refractivity contribution in [2.24, 2.45) is 5.41 Å². The number of carbonyl (C=O) groups excluding carboxylic acids is 1. The fourth-order valence-corrected chi connectivity index (χ4v) is 8.83. The first-order valence-electron chi connectivity index (χ1n) is 16.4. The van der Waals surface area contributed by atoms with Gasteiger partial charge in [-0.1, -0.05) is 46.1 Å². The van der Waals surface area contributed by atoms with E-state index >= 15 is 4.79 Å². The standard InChI is InChI=1S/C37H45N3O4/c1-37(2,3)34-30(35(41)39-25-12-13-26(39)21-38(4)20-25)18-24-17-27(44-5)14-16-28(24)33-32(22-9-7-6-8-10-22)29-15-11-23(36(42)43)19-31(29)40(33)34/h11,14-19,22,25-26,34H,6-10,12-13,20-21H2,1-5H3,(H,42,43). The summed E-state index contributed by atoms with van der Waals surface area (Å²) in [7, 11) is 3.84. The van der Waals surface area contributed by atoms with E-state index in [0.29, 0.717) is 5.92 Å². The lowest BCUT2D eigenvalue weighted by atomic mass is 9.80. The monoisotopic (exact) mass is 595 g/mol. The first-order valence-corrected chi connectivity index (χ1v) is 16.4. The minimum atomic E-state index is -0.936. The van der Waals surface area contributed by atoms with Gasteiger partial charge >= 0.3 is 5.97 Å². The normalized spacial score (nSPS) is 24.1. The van der Waals surface area contributed by atoms with Gasteiger partial charge in [0.25, 0.3) is 5.91 Å². The van der Waals surface area contributed by atoms with Crippen LogP contribution in [0.15, 0.2) is 42.0 Å². The number of methoxy groups -OCH3 is 1. The molecule has 2 saturated heterocycles. The first kappa shape index (κ1) is 29.1. The highest BCUT2D eigenvalue weighted by Gasteiger charge is 2.47. The van der Waals surface area contributed by atoms with Gasteiger partial charge in [0, 0.05) is 41.7 Å². The molecule has 44 heavy (non-hydrogen) atoms. The maximum absolute atomic E-state index is 15.0. The van der Waals surface area contributed by atoms with Crippen LogP contribution in [0.3, 0.4) is 0 Å². The van der Waals surface area contributed by atoms with Crippen LogP contribution in [0.4, 0.5) is 0 Å². The van der Waals surface area contributed by atoms with Crippen LogP contribution in [0.5, 0.6) is 5.75 Å². The average molecular weight is 596 g/mol. The van der Waals surface area contributed by atoms with E-state index in [9.17, 15) is 9.90 Å². The quantitative estimate of drug-likeness (QED) is 0.341. The molecule has 4 aliphatic rings. The Balaban J connectivity index is 1.55. The number of piperazine rings is 1. The highest BCUT2D eigenvalue weighted by molar-refractivity contribution is 6.05. The molecule has 3 aliphatic heterocycles. The van der Waals surface area contributed by atoms with Gasteiger partial charge < -0.3 is 24.2 Å². The molecule has 4 heterocycles. The molecule has 7 nitrogen and oxygen atoms in total. The summed E-state index contributed by atoms with van der Waals surface area (Å²) in [5.74, 6) is 0.311. The van der Waals surface area contributed by atoms with Gasteiger partial charge in [0.1, 0.15) is 5.75 Å². The number of hydrogen-bond donors (Lipinski definition) is 1. The van der Waals surface area contributed by atoms with Crippen LogP contribution in [0.25, 0.3) is 28.2 Å². The number of carboxylic acids is 1. The highest BCUT2D eigenvalue weighted by atomic mass is 16.5. The van der Waals surface area contributed by atoms with Gasteiger partial charge in [-0.3, -0.25) is 4.79 Å². The SMILES string of the molecule is COc1ccc2c(c1)C=C(C(=O)N1C3CCC1CN(C)C3)C(C(C)(C)C)n1c-2c(C2CCCCC2)c2ccc(C(=O)O)cc21. The second-order valence-electron chi connectivity index (χ2n) is 14.6. The van der Waals surface area contributed by atoms with Gasteiger partial charge in [-0.2, -0.15) is 0 Å². The van der Waals surface area contributed by atoms with Gasteiger partial charge in [-0.05, 0) is 91.6 Å². The molecule has 2 bridgehead atoms. The maximum atomic E-state index is 15.0.